The summed E-state index contributed by atoms with van der Waals surface area (Å²) in [5.41, 5.74) is 0.784. The second kappa shape index (κ2) is 15.1. The second-order valence-electron chi connectivity index (χ2n) is 8.57. The fourth-order valence-corrected chi connectivity index (χ4v) is 4.29. The van der Waals surface area contributed by atoms with Gasteiger partial charge in [0, 0.05) is 12.8 Å². The third-order valence-corrected chi connectivity index (χ3v) is 6.44. The predicted octanol–water partition coefficient (Wildman–Crippen LogP) is 0.138. The average Bonchev–Trinajstić information content (AvgIpc) is 3.39. The molecule has 1 saturated heterocycles. The van der Waals surface area contributed by atoms with Crippen molar-refractivity contribution < 1.29 is 34.2 Å². The fourth-order valence-electron chi connectivity index (χ4n) is 3.81. The van der Waals surface area contributed by atoms with Gasteiger partial charge in [0.25, 0.3) is 0 Å². The molecule has 0 saturated carbocycles. The van der Waals surface area contributed by atoms with Crippen LogP contribution >= 0.6 is 11.8 Å². The molecule has 0 bridgehead atoms. The van der Waals surface area contributed by atoms with Crippen molar-refractivity contribution in [3.05, 3.63) is 35.9 Å². The lowest BCUT2D eigenvalue weighted by Crippen LogP contribution is -2.57. The smallest absolute Gasteiger partial charge is 0.326 e. The molecule has 11 nitrogen and oxygen atoms in total. The summed E-state index contributed by atoms with van der Waals surface area (Å²) in [6, 6.07) is 5.12. The molecule has 2 rings (SSSR count). The van der Waals surface area contributed by atoms with Crippen LogP contribution in [0.15, 0.2) is 30.3 Å². The van der Waals surface area contributed by atoms with Gasteiger partial charge in [-0.15, -0.1) is 0 Å². The quantitative estimate of drug-likeness (QED) is 0.187. The molecule has 1 heterocycles. The molecule has 0 aromatic heterocycles. The van der Waals surface area contributed by atoms with Crippen molar-refractivity contribution in [2.75, 3.05) is 18.6 Å². The van der Waals surface area contributed by atoms with Crippen LogP contribution in [-0.2, 0) is 30.4 Å². The van der Waals surface area contributed by atoms with E-state index in [1.54, 1.807) is 30.5 Å². The van der Waals surface area contributed by atoms with Gasteiger partial charge in [-0.1, -0.05) is 30.3 Å². The highest BCUT2D eigenvalue weighted by atomic mass is 32.2. The Balaban J connectivity index is 2.17. The number of aliphatic carboxylic acids is 2. The molecule has 6 N–H and O–H groups in total. The van der Waals surface area contributed by atoms with Gasteiger partial charge in [-0.05, 0) is 49.8 Å². The predicted molar refractivity (Wildman–Crippen MR) is 134 cm³/mol. The summed E-state index contributed by atoms with van der Waals surface area (Å²) in [7, 11) is 0. The Hall–Kier alpha value is -3.12. The lowest BCUT2D eigenvalue weighted by Gasteiger charge is -2.25. The minimum atomic E-state index is -1.29. The van der Waals surface area contributed by atoms with Crippen LogP contribution in [0.2, 0.25) is 0 Å². The summed E-state index contributed by atoms with van der Waals surface area (Å²) >= 11 is 1.42. The van der Waals surface area contributed by atoms with Crippen molar-refractivity contribution in [2.45, 2.75) is 62.7 Å². The minimum absolute atomic E-state index is 0.157. The van der Waals surface area contributed by atoms with E-state index in [4.69, 9.17) is 5.11 Å². The SMILES string of the molecule is CSCCC(NC(=O)C(CCC(=O)O)NC(=O)C(Cc1ccccc1)NC(=O)C1CCCN1)C(=O)O. The van der Waals surface area contributed by atoms with E-state index < -0.39 is 54.3 Å². The van der Waals surface area contributed by atoms with Crippen LogP contribution in [0.25, 0.3) is 0 Å². The third kappa shape index (κ3) is 9.86. The monoisotopic (exact) mass is 522 g/mol. The number of rotatable bonds is 15. The van der Waals surface area contributed by atoms with E-state index in [2.05, 4.69) is 21.3 Å². The second-order valence-corrected chi connectivity index (χ2v) is 9.56. The molecular weight excluding hydrogens is 488 g/mol. The molecule has 1 aliphatic heterocycles. The molecule has 1 fully saturated rings. The number of amides is 3. The highest BCUT2D eigenvalue weighted by molar-refractivity contribution is 7.98. The van der Waals surface area contributed by atoms with Crippen molar-refractivity contribution in [3.8, 4) is 0 Å². The molecule has 12 heteroatoms. The molecule has 0 radical (unpaired) electrons. The average molecular weight is 523 g/mol. The van der Waals surface area contributed by atoms with E-state index in [1.165, 1.54) is 11.8 Å². The molecule has 1 aromatic carbocycles. The Labute approximate surface area is 214 Å². The van der Waals surface area contributed by atoms with E-state index in [0.717, 1.165) is 12.0 Å². The van der Waals surface area contributed by atoms with E-state index in [0.29, 0.717) is 18.7 Å². The van der Waals surface area contributed by atoms with Crippen LogP contribution in [0, 0.1) is 0 Å². The molecule has 1 aliphatic rings. The standard InChI is InChI=1S/C24H34N4O7S/c1-36-13-11-18(24(34)35)27-22(32)17(9-10-20(29)30)26-23(33)19(14-15-6-3-2-4-7-15)28-21(31)16-8-5-12-25-16/h2-4,6-7,16-19,25H,5,8-14H2,1H3,(H,26,33)(H,27,32)(H,28,31)(H,29,30)(H,34,35). The fraction of sp³-hybridized carbons (Fsp3) is 0.542. The maximum atomic E-state index is 13.3. The van der Waals surface area contributed by atoms with Crippen LogP contribution in [0.5, 0.6) is 0 Å². The highest BCUT2D eigenvalue weighted by Gasteiger charge is 2.31. The first kappa shape index (κ1) is 29.1. The number of carboxylic acid groups (broad SMARTS) is 2. The van der Waals surface area contributed by atoms with Gasteiger partial charge in [0.15, 0.2) is 0 Å². The van der Waals surface area contributed by atoms with E-state index in [9.17, 15) is 29.1 Å². The van der Waals surface area contributed by atoms with Gasteiger partial charge in [0.1, 0.15) is 18.1 Å². The summed E-state index contributed by atoms with van der Waals surface area (Å²) in [4.78, 5) is 61.6. The highest BCUT2D eigenvalue weighted by Crippen LogP contribution is 2.09. The van der Waals surface area contributed by atoms with Crippen LogP contribution in [-0.4, -0.2) is 82.6 Å². The van der Waals surface area contributed by atoms with E-state index in [1.807, 2.05) is 6.07 Å². The van der Waals surface area contributed by atoms with Gasteiger partial charge in [0.2, 0.25) is 17.7 Å². The summed E-state index contributed by atoms with van der Waals surface area (Å²) in [6.07, 6.45) is 2.96. The molecule has 198 valence electrons. The number of carbonyl (C=O) groups excluding carboxylic acids is 3. The molecular formula is C24H34N4O7S. The lowest BCUT2D eigenvalue weighted by molar-refractivity contribution is -0.143. The van der Waals surface area contributed by atoms with Gasteiger partial charge < -0.3 is 31.5 Å². The van der Waals surface area contributed by atoms with Crippen molar-refractivity contribution in [1.29, 1.82) is 0 Å². The lowest BCUT2D eigenvalue weighted by atomic mass is 10.0. The van der Waals surface area contributed by atoms with Crippen molar-refractivity contribution in [3.63, 3.8) is 0 Å². The molecule has 3 amide bonds. The van der Waals surface area contributed by atoms with Crippen LogP contribution < -0.4 is 21.3 Å². The topological polar surface area (TPSA) is 174 Å². The number of carbonyl (C=O) groups is 5. The Morgan fingerprint density at radius 1 is 0.972 bits per heavy atom. The first-order valence-electron chi connectivity index (χ1n) is 11.8. The number of nitrogens with one attached hydrogen (secondary N) is 4. The van der Waals surface area contributed by atoms with Gasteiger partial charge in [-0.2, -0.15) is 11.8 Å². The number of hydrogen-bond acceptors (Lipinski definition) is 7. The molecule has 1 aromatic rings. The van der Waals surface area contributed by atoms with Crippen LogP contribution in [0.3, 0.4) is 0 Å². The Kier molecular flexibility index (Phi) is 12.2. The third-order valence-electron chi connectivity index (χ3n) is 5.80. The zero-order valence-corrected chi connectivity index (χ0v) is 21.0. The zero-order chi connectivity index (χ0) is 26.5. The Bertz CT molecular complexity index is 909. The Morgan fingerprint density at radius 3 is 2.22 bits per heavy atom. The van der Waals surface area contributed by atoms with E-state index in [-0.39, 0.29) is 25.2 Å². The molecule has 36 heavy (non-hydrogen) atoms. The number of thioether (sulfide) groups is 1. The van der Waals surface area contributed by atoms with Crippen LogP contribution in [0.4, 0.5) is 0 Å². The molecule has 4 unspecified atom stereocenters. The summed E-state index contributed by atoms with van der Waals surface area (Å²) < 4.78 is 0. The maximum Gasteiger partial charge on any atom is 0.326 e. The van der Waals surface area contributed by atoms with Gasteiger partial charge >= 0.3 is 11.9 Å². The van der Waals surface area contributed by atoms with E-state index >= 15 is 0 Å². The Morgan fingerprint density at radius 2 is 1.64 bits per heavy atom. The first-order chi connectivity index (χ1) is 17.2. The first-order valence-corrected chi connectivity index (χ1v) is 13.2. The van der Waals surface area contributed by atoms with Crippen molar-refractivity contribution in [2.24, 2.45) is 0 Å². The largest absolute Gasteiger partial charge is 0.481 e. The van der Waals surface area contributed by atoms with Crippen molar-refractivity contribution in [1.82, 2.24) is 21.3 Å². The van der Waals surface area contributed by atoms with Gasteiger partial charge in [-0.25, -0.2) is 4.79 Å². The molecule has 4 atom stereocenters. The normalized spacial score (nSPS) is 17.4. The number of benzene rings is 1. The minimum Gasteiger partial charge on any atom is -0.481 e. The van der Waals surface area contributed by atoms with Gasteiger partial charge in [0.05, 0.1) is 6.04 Å². The van der Waals surface area contributed by atoms with Gasteiger partial charge in [-0.3, -0.25) is 19.2 Å². The maximum absolute atomic E-state index is 13.3. The zero-order valence-electron chi connectivity index (χ0n) is 20.2. The number of carboxylic acids is 2. The van der Waals surface area contributed by atoms with Crippen LogP contribution in [0.1, 0.15) is 37.7 Å². The number of hydrogen-bond donors (Lipinski definition) is 6. The molecule has 0 spiro atoms. The summed E-state index contributed by atoms with van der Waals surface area (Å²) in [5.74, 6) is -3.69. The summed E-state index contributed by atoms with van der Waals surface area (Å²) in [5, 5.41) is 29.3. The summed E-state index contributed by atoms with van der Waals surface area (Å²) in [6.45, 7) is 0.701. The molecule has 0 aliphatic carbocycles. The van der Waals surface area contributed by atoms with Crippen molar-refractivity contribution >= 4 is 41.4 Å².